The SMILES string of the molecule is O[C@@H]1CCCN(c2ccnc(-c3cccc(OCc4ccccc4F)c3)n2)C1. The molecule has 3 aromatic rings. The quantitative estimate of drug-likeness (QED) is 0.730. The van der Waals surface area contributed by atoms with Gasteiger partial charge in [0.25, 0.3) is 0 Å². The first kappa shape index (κ1) is 18.4. The van der Waals surface area contributed by atoms with Crippen LogP contribution in [0.1, 0.15) is 18.4 Å². The van der Waals surface area contributed by atoms with Gasteiger partial charge in [0.2, 0.25) is 0 Å². The van der Waals surface area contributed by atoms with E-state index in [1.54, 1.807) is 24.4 Å². The lowest BCUT2D eigenvalue weighted by molar-refractivity contribution is 0.154. The first-order valence-electron chi connectivity index (χ1n) is 9.42. The van der Waals surface area contributed by atoms with E-state index in [9.17, 15) is 9.50 Å². The van der Waals surface area contributed by atoms with E-state index < -0.39 is 0 Å². The molecular formula is C22H22FN3O2. The molecule has 0 radical (unpaired) electrons. The van der Waals surface area contributed by atoms with E-state index in [4.69, 9.17) is 4.74 Å². The number of nitrogens with zero attached hydrogens (tertiary/aromatic N) is 3. The second-order valence-electron chi connectivity index (χ2n) is 6.89. The van der Waals surface area contributed by atoms with Gasteiger partial charge in [-0.3, -0.25) is 0 Å². The van der Waals surface area contributed by atoms with Gasteiger partial charge < -0.3 is 14.7 Å². The Balaban J connectivity index is 1.51. The minimum atomic E-state index is -0.317. The summed E-state index contributed by atoms with van der Waals surface area (Å²) >= 11 is 0. The first-order valence-corrected chi connectivity index (χ1v) is 9.42. The molecule has 1 aliphatic rings. The number of benzene rings is 2. The van der Waals surface area contributed by atoms with Crippen molar-refractivity contribution in [1.82, 2.24) is 9.97 Å². The van der Waals surface area contributed by atoms with E-state index in [1.165, 1.54) is 6.07 Å². The van der Waals surface area contributed by atoms with Gasteiger partial charge in [-0.25, -0.2) is 14.4 Å². The molecule has 1 fully saturated rings. The Morgan fingerprint density at radius 1 is 1.14 bits per heavy atom. The van der Waals surface area contributed by atoms with E-state index in [1.807, 2.05) is 30.3 Å². The maximum Gasteiger partial charge on any atom is 0.161 e. The average molecular weight is 379 g/mol. The lowest BCUT2D eigenvalue weighted by atomic mass is 10.1. The van der Waals surface area contributed by atoms with Gasteiger partial charge in [-0.2, -0.15) is 0 Å². The zero-order valence-corrected chi connectivity index (χ0v) is 15.5. The van der Waals surface area contributed by atoms with Crippen molar-refractivity contribution >= 4 is 5.82 Å². The van der Waals surface area contributed by atoms with E-state index in [-0.39, 0.29) is 18.5 Å². The standard InChI is InChI=1S/C22H22FN3O2/c23-20-9-2-1-5-17(20)15-28-19-8-3-6-16(13-19)22-24-11-10-21(25-22)26-12-4-7-18(27)14-26/h1-3,5-6,8-11,13,18,27H,4,7,12,14-15H2/t18-/m1/s1. The van der Waals surface area contributed by atoms with Crippen LogP contribution in [0.5, 0.6) is 5.75 Å². The molecule has 5 nitrogen and oxygen atoms in total. The second kappa shape index (κ2) is 8.35. The molecule has 0 aliphatic carbocycles. The van der Waals surface area contributed by atoms with Gasteiger partial charge in [-0.05, 0) is 37.1 Å². The normalized spacial score (nSPS) is 16.8. The van der Waals surface area contributed by atoms with Gasteiger partial charge in [-0.15, -0.1) is 0 Å². The van der Waals surface area contributed by atoms with Crippen molar-refractivity contribution in [2.45, 2.75) is 25.6 Å². The van der Waals surface area contributed by atoms with Crippen molar-refractivity contribution in [3.63, 3.8) is 0 Å². The minimum absolute atomic E-state index is 0.155. The van der Waals surface area contributed by atoms with Crippen LogP contribution in [0.3, 0.4) is 0 Å². The Morgan fingerprint density at radius 3 is 2.89 bits per heavy atom. The maximum absolute atomic E-state index is 13.8. The minimum Gasteiger partial charge on any atom is -0.489 e. The second-order valence-corrected chi connectivity index (χ2v) is 6.89. The number of hydrogen-bond donors (Lipinski definition) is 1. The topological polar surface area (TPSA) is 58.5 Å². The molecule has 0 spiro atoms. The number of rotatable bonds is 5. The van der Waals surface area contributed by atoms with Crippen LogP contribution in [0.2, 0.25) is 0 Å². The lowest BCUT2D eigenvalue weighted by Gasteiger charge is -2.31. The fourth-order valence-electron chi connectivity index (χ4n) is 3.33. The first-order chi connectivity index (χ1) is 13.7. The van der Waals surface area contributed by atoms with E-state index in [0.29, 0.717) is 23.7 Å². The van der Waals surface area contributed by atoms with Crippen molar-refractivity contribution in [1.29, 1.82) is 0 Å². The third-order valence-corrected chi connectivity index (χ3v) is 4.81. The number of piperidine rings is 1. The van der Waals surface area contributed by atoms with Gasteiger partial charge in [-0.1, -0.05) is 30.3 Å². The van der Waals surface area contributed by atoms with Crippen LogP contribution in [0.4, 0.5) is 10.2 Å². The summed E-state index contributed by atoms with van der Waals surface area (Å²) in [6.07, 6.45) is 3.18. The highest BCUT2D eigenvalue weighted by molar-refractivity contribution is 5.59. The average Bonchev–Trinajstić information content (AvgIpc) is 2.73. The maximum atomic E-state index is 13.8. The molecule has 1 aliphatic heterocycles. The van der Waals surface area contributed by atoms with Crippen molar-refractivity contribution in [2.24, 2.45) is 0 Å². The molecule has 6 heteroatoms. The summed E-state index contributed by atoms with van der Waals surface area (Å²) in [5.41, 5.74) is 1.33. The van der Waals surface area contributed by atoms with Crippen LogP contribution in [0.15, 0.2) is 60.8 Å². The zero-order valence-electron chi connectivity index (χ0n) is 15.5. The van der Waals surface area contributed by atoms with Crippen LogP contribution in [-0.4, -0.2) is 34.3 Å². The van der Waals surface area contributed by atoms with Crippen molar-refractivity contribution in [3.05, 3.63) is 72.2 Å². The number of aliphatic hydroxyl groups is 1. The zero-order chi connectivity index (χ0) is 19.3. The fourth-order valence-corrected chi connectivity index (χ4v) is 3.33. The monoisotopic (exact) mass is 379 g/mol. The van der Waals surface area contributed by atoms with E-state index >= 15 is 0 Å². The molecule has 0 saturated carbocycles. The van der Waals surface area contributed by atoms with Crippen LogP contribution in [-0.2, 0) is 6.61 Å². The highest BCUT2D eigenvalue weighted by Crippen LogP contribution is 2.25. The Hall–Kier alpha value is -2.99. The summed E-state index contributed by atoms with van der Waals surface area (Å²) in [5, 5.41) is 9.91. The summed E-state index contributed by atoms with van der Waals surface area (Å²) < 4.78 is 19.5. The predicted octanol–water partition coefficient (Wildman–Crippen LogP) is 3.82. The number of hydrogen-bond acceptors (Lipinski definition) is 5. The molecule has 0 unspecified atom stereocenters. The largest absolute Gasteiger partial charge is 0.489 e. The molecule has 4 rings (SSSR count). The van der Waals surface area contributed by atoms with Crippen molar-refractivity contribution in [3.8, 4) is 17.1 Å². The molecular weight excluding hydrogens is 357 g/mol. The molecule has 1 aromatic heterocycles. The van der Waals surface area contributed by atoms with Gasteiger partial charge in [0.15, 0.2) is 5.82 Å². The van der Waals surface area contributed by atoms with Crippen molar-refractivity contribution in [2.75, 3.05) is 18.0 Å². The fraction of sp³-hybridized carbons (Fsp3) is 0.273. The molecule has 28 heavy (non-hydrogen) atoms. The van der Waals surface area contributed by atoms with Gasteiger partial charge in [0.1, 0.15) is 24.0 Å². The molecule has 0 amide bonds. The Morgan fingerprint density at radius 2 is 2.04 bits per heavy atom. The van der Waals surface area contributed by atoms with E-state index in [0.717, 1.165) is 30.8 Å². The molecule has 144 valence electrons. The molecule has 2 heterocycles. The predicted molar refractivity (Wildman–Crippen MR) is 106 cm³/mol. The highest BCUT2D eigenvalue weighted by atomic mass is 19.1. The van der Waals surface area contributed by atoms with Crippen LogP contribution in [0, 0.1) is 5.82 Å². The van der Waals surface area contributed by atoms with Crippen LogP contribution < -0.4 is 9.64 Å². The summed E-state index contributed by atoms with van der Waals surface area (Å²) in [6, 6.07) is 15.9. The third kappa shape index (κ3) is 4.28. The Kier molecular flexibility index (Phi) is 5.48. The number of aromatic nitrogens is 2. The lowest BCUT2D eigenvalue weighted by Crippen LogP contribution is -2.38. The molecule has 1 N–H and O–H groups in total. The van der Waals surface area contributed by atoms with Crippen LogP contribution >= 0.6 is 0 Å². The van der Waals surface area contributed by atoms with Gasteiger partial charge in [0, 0.05) is 30.4 Å². The number of ether oxygens (including phenoxy) is 1. The summed E-state index contributed by atoms with van der Waals surface area (Å²) in [7, 11) is 0. The van der Waals surface area contributed by atoms with Crippen molar-refractivity contribution < 1.29 is 14.2 Å². The van der Waals surface area contributed by atoms with Gasteiger partial charge in [0.05, 0.1) is 6.10 Å². The van der Waals surface area contributed by atoms with E-state index in [2.05, 4.69) is 14.9 Å². The number of halogens is 1. The van der Waals surface area contributed by atoms with Crippen LogP contribution in [0.25, 0.3) is 11.4 Å². The van der Waals surface area contributed by atoms with Gasteiger partial charge >= 0.3 is 0 Å². The molecule has 1 atom stereocenters. The molecule has 2 aromatic carbocycles. The smallest absolute Gasteiger partial charge is 0.161 e. The summed E-state index contributed by atoms with van der Waals surface area (Å²) in [4.78, 5) is 11.1. The Bertz CT molecular complexity index is 950. The Labute approximate surface area is 163 Å². The number of β-amino-alcohol motifs (C(OH)–C–C–N with tert-alkyl or cyclic N) is 1. The number of anilines is 1. The number of aliphatic hydroxyl groups excluding tert-OH is 1. The molecule has 1 saturated heterocycles. The highest BCUT2D eigenvalue weighted by Gasteiger charge is 2.19. The third-order valence-electron chi connectivity index (χ3n) is 4.81. The summed E-state index contributed by atoms with van der Waals surface area (Å²) in [5.74, 6) is 1.75. The molecule has 0 bridgehead atoms. The summed E-state index contributed by atoms with van der Waals surface area (Å²) in [6.45, 7) is 1.62.